The molecule has 0 spiro atoms. The van der Waals surface area contributed by atoms with Gasteiger partial charge in [0.25, 0.3) is 0 Å². The minimum atomic E-state index is -0.525. The first-order chi connectivity index (χ1) is 8.01. The molecule has 0 radical (unpaired) electrons. The molecule has 0 heterocycles. The first-order valence-corrected chi connectivity index (χ1v) is 9.24. The summed E-state index contributed by atoms with van der Waals surface area (Å²) in [5.41, 5.74) is 0. The van der Waals surface area contributed by atoms with Crippen molar-refractivity contribution in [3.8, 4) is 6.07 Å². The summed E-state index contributed by atoms with van der Waals surface area (Å²) in [7, 11) is -0.525. The molecule has 0 saturated heterocycles. The predicted octanol–water partition coefficient (Wildman–Crippen LogP) is 5.10. The number of nitriles is 1. The van der Waals surface area contributed by atoms with E-state index in [1.54, 1.807) is 0 Å². The number of unbranched alkanes of at least 4 members (excludes halogenated alkanes) is 3. The van der Waals surface area contributed by atoms with Crippen LogP contribution in [0.2, 0.25) is 0 Å². The Morgan fingerprint density at radius 2 is 1.47 bits per heavy atom. The largest absolute Gasteiger partial charge is 0.236 e. The molecule has 0 saturated carbocycles. The molecular weight excluding hydrogens is 226 g/mol. The third-order valence-electron chi connectivity index (χ3n) is 3.82. The second kappa shape index (κ2) is 8.86. The highest BCUT2D eigenvalue weighted by Gasteiger charge is 2.30. The molecule has 0 aromatic heterocycles. The lowest BCUT2D eigenvalue weighted by atomic mass is 10.3. The van der Waals surface area contributed by atoms with Gasteiger partial charge in [-0.25, -0.2) is 10.0 Å². The molecule has 1 nitrogen and oxygen atoms in total. The summed E-state index contributed by atoms with van der Waals surface area (Å²) in [6, 6.07) is 2.30. The maximum atomic E-state index is 8.71. The number of hydrogen-bond acceptors (Lipinski definition) is 1. The Bertz CT molecular complexity index is 220. The molecule has 0 unspecified atom stereocenters. The van der Waals surface area contributed by atoms with E-state index in [0.29, 0.717) is 0 Å². The average Bonchev–Trinajstić information content (AvgIpc) is 2.26. The van der Waals surface area contributed by atoms with E-state index in [4.69, 9.17) is 5.26 Å². The van der Waals surface area contributed by atoms with Gasteiger partial charge in [-0.05, 0) is 34.8 Å². The lowest BCUT2D eigenvalue weighted by molar-refractivity contribution is 0.768. The summed E-state index contributed by atoms with van der Waals surface area (Å²) in [6.45, 7) is 11.9. The van der Waals surface area contributed by atoms with Gasteiger partial charge in [-0.15, -0.1) is 0 Å². The molecule has 0 aromatic rings. The Balaban J connectivity index is 4.57. The number of nitrogens with zero attached hydrogens (tertiary/aromatic N) is 1. The summed E-state index contributed by atoms with van der Waals surface area (Å²) in [4.78, 5) is 0. The van der Waals surface area contributed by atoms with Gasteiger partial charge in [-0.1, -0.05) is 47.5 Å². The van der Waals surface area contributed by atoms with Crippen molar-refractivity contribution in [2.75, 3.05) is 11.5 Å². The van der Waals surface area contributed by atoms with Crippen molar-refractivity contribution in [1.29, 1.82) is 5.26 Å². The van der Waals surface area contributed by atoms with Gasteiger partial charge in [-0.2, -0.15) is 5.26 Å². The highest BCUT2D eigenvalue weighted by molar-refractivity contribution is 8.34. The zero-order valence-corrected chi connectivity index (χ0v) is 13.3. The molecular formula is C15H31NS. The summed E-state index contributed by atoms with van der Waals surface area (Å²) in [6.07, 6.45) is 5.90. The second-order valence-corrected chi connectivity index (χ2v) is 10.2. The third-order valence-corrected chi connectivity index (χ3v) is 9.67. The molecule has 0 aliphatic heterocycles. The van der Waals surface area contributed by atoms with Gasteiger partial charge < -0.3 is 0 Å². The van der Waals surface area contributed by atoms with Crippen LogP contribution in [0.4, 0.5) is 0 Å². The molecule has 0 rings (SSSR count). The normalized spacial score (nSPS) is 13.1. The van der Waals surface area contributed by atoms with Gasteiger partial charge in [0.05, 0.1) is 6.07 Å². The summed E-state index contributed by atoms with van der Waals surface area (Å²) in [5, 5.41) is 10.3. The van der Waals surface area contributed by atoms with Crippen LogP contribution in [-0.4, -0.2) is 22.0 Å². The average molecular weight is 257 g/mol. The van der Waals surface area contributed by atoms with Gasteiger partial charge in [0.2, 0.25) is 0 Å². The van der Waals surface area contributed by atoms with E-state index in [2.05, 4.69) is 40.7 Å². The molecule has 0 atom stereocenters. The van der Waals surface area contributed by atoms with Crippen molar-refractivity contribution in [2.24, 2.45) is 0 Å². The fourth-order valence-corrected chi connectivity index (χ4v) is 7.23. The van der Waals surface area contributed by atoms with E-state index in [-0.39, 0.29) is 0 Å². The summed E-state index contributed by atoms with van der Waals surface area (Å²) < 4.78 is 0. The van der Waals surface area contributed by atoms with Crippen LogP contribution < -0.4 is 0 Å². The van der Waals surface area contributed by atoms with Gasteiger partial charge in [-0.3, -0.25) is 0 Å². The lowest BCUT2D eigenvalue weighted by Crippen LogP contribution is -2.27. The van der Waals surface area contributed by atoms with Crippen LogP contribution in [0.15, 0.2) is 0 Å². The van der Waals surface area contributed by atoms with Gasteiger partial charge in [0, 0.05) is 6.42 Å². The molecule has 102 valence electrons. The van der Waals surface area contributed by atoms with E-state index in [1.807, 2.05) is 0 Å². The first kappa shape index (κ1) is 16.8. The van der Waals surface area contributed by atoms with Crippen molar-refractivity contribution < 1.29 is 0 Å². The van der Waals surface area contributed by atoms with Crippen LogP contribution in [0.5, 0.6) is 0 Å². The van der Waals surface area contributed by atoms with E-state index in [0.717, 1.165) is 23.3 Å². The highest BCUT2D eigenvalue weighted by atomic mass is 32.3. The highest BCUT2D eigenvalue weighted by Crippen LogP contribution is 2.57. The number of rotatable bonds is 9. The topological polar surface area (TPSA) is 23.8 Å². The Morgan fingerprint density at radius 1 is 0.941 bits per heavy atom. The first-order valence-electron chi connectivity index (χ1n) is 7.14. The Kier molecular flexibility index (Phi) is 8.78. The van der Waals surface area contributed by atoms with E-state index < -0.39 is 10.0 Å². The molecule has 0 aliphatic carbocycles. The Labute approximate surface area is 110 Å². The number of hydrogen-bond donors (Lipinski definition) is 0. The molecule has 0 amide bonds. The van der Waals surface area contributed by atoms with Gasteiger partial charge in [0.15, 0.2) is 0 Å². The standard InChI is InChI=1S/C15H31NS/c1-6-7-9-12-17(14(2)3,15(4)5)13-10-8-11-16/h14-15H,6-10,12-13H2,1-5H3. The van der Waals surface area contributed by atoms with Crippen molar-refractivity contribution in [2.45, 2.75) is 77.2 Å². The smallest absolute Gasteiger partial charge is 0.0622 e. The second-order valence-electron chi connectivity index (χ2n) is 5.48. The van der Waals surface area contributed by atoms with Crippen molar-refractivity contribution in [1.82, 2.24) is 0 Å². The Morgan fingerprint density at radius 3 is 1.88 bits per heavy atom. The van der Waals surface area contributed by atoms with Crippen molar-refractivity contribution in [3.05, 3.63) is 0 Å². The maximum Gasteiger partial charge on any atom is 0.0622 e. The van der Waals surface area contributed by atoms with Crippen molar-refractivity contribution in [3.63, 3.8) is 0 Å². The van der Waals surface area contributed by atoms with Crippen LogP contribution in [0.1, 0.15) is 66.7 Å². The molecule has 0 N–H and O–H groups in total. The minimum absolute atomic E-state index is 0.525. The zero-order valence-electron chi connectivity index (χ0n) is 12.5. The SMILES string of the molecule is CCCCCS(CCCC#N)(C(C)C)C(C)C. The Hall–Kier alpha value is -0.160. The van der Waals surface area contributed by atoms with Crippen LogP contribution in [0.25, 0.3) is 0 Å². The zero-order chi connectivity index (χ0) is 13.3. The fourth-order valence-electron chi connectivity index (χ4n) is 2.63. The van der Waals surface area contributed by atoms with Gasteiger partial charge >= 0.3 is 0 Å². The fraction of sp³-hybridized carbons (Fsp3) is 0.933. The minimum Gasteiger partial charge on any atom is -0.236 e. The van der Waals surface area contributed by atoms with Crippen molar-refractivity contribution >= 4 is 10.0 Å². The quantitative estimate of drug-likeness (QED) is 0.527. The molecule has 0 bridgehead atoms. The molecule has 17 heavy (non-hydrogen) atoms. The predicted molar refractivity (Wildman–Crippen MR) is 82.0 cm³/mol. The van der Waals surface area contributed by atoms with E-state index in [9.17, 15) is 0 Å². The molecule has 0 fully saturated rings. The van der Waals surface area contributed by atoms with E-state index in [1.165, 1.54) is 30.8 Å². The molecule has 0 aliphatic rings. The van der Waals surface area contributed by atoms with E-state index >= 15 is 0 Å². The molecule has 2 heteroatoms. The molecule has 0 aromatic carbocycles. The lowest BCUT2D eigenvalue weighted by Gasteiger charge is -2.48. The summed E-state index contributed by atoms with van der Waals surface area (Å²) in [5.74, 6) is 2.72. The van der Waals surface area contributed by atoms with Crippen LogP contribution >= 0.6 is 10.0 Å². The van der Waals surface area contributed by atoms with Crippen LogP contribution in [0, 0.1) is 11.3 Å². The van der Waals surface area contributed by atoms with Crippen LogP contribution in [0.3, 0.4) is 0 Å². The monoisotopic (exact) mass is 257 g/mol. The third kappa shape index (κ3) is 5.34. The summed E-state index contributed by atoms with van der Waals surface area (Å²) >= 11 is 0. The maximum absolute atomic E-state index is 8.71. The van der Waals surface area contributed by atoms with Crippen LogP contribution in [-0.2, 0) is 0 Å². The van der Waals surface area contributed by atoms with Gasteiger partial charge in [0.1, 0.15) is 0 Å².